The molecule has 0 radical (unpaired) electrons. The zero-order chi connectivity index (χ0) is 5.11. The summed E-state index contributed by atoms with van der Waals surface area (Å²) in [5.74, 6) is 0.889. The normalized spacial score (nSPS) is 8.12. The summed E-state index contributed by atoms with van der Waals surface area (Å²) in [5, 5.41) is 3.39. The Morgan fingerprint density at radius 2 is 2.62 bits per heavy atom. The van der Waals surface area contributed by atoms with Gasteiger partial charge in [-0.3, -0.25) is 0 Å². The van der Waals surface area contributed by atoms with Crippen molar-refractivity contribution in [1.29, 1.82) is 0 Å². The van der Waals surface area contributed by atoms with Crippen LogP contribution in [0.3, 0.4) is 0 Å². The first kappa shape index (κ1) is 9.02. The molecule has 0 saturated heterocycles. The van der Waals surface area contributed by atoms with Crippen molar-refractivity contribution in [3.63, 3.8) is 0 Å². The first-order chi connectivity index (χ1) is 3.43. The van der Waals surface area contributed by atoms with E-state index in [9.17, 15) is 0 Å². The molecule has 1 heterocycles. The summed E-state index contributed by atoms with van der Waals surface area (Å²) >= 11 is 0. The van der Waals surface area contributed by atoms with Crippen molar-refractivity contribution in [3.8, 4) is 0 Å². The minimum atomic E-state index is 0. The molecule has 0 unspecified atom stereocenters. The second kappa shape index (κ2) is 4.85. The Morgan fingerprint density at radius 1 is 1.88 bits per heavy atom. The van der Waals surface area contributed by atoms with Gasteiger partial charge in [0.15, 0.2) is 0 Å². The van der Waals surface area contributed by atoms with Gasteiger partial charge in [-0.1, -0.05) is 13.3 Å². The SMILES string of the molecule is CCc1c[c-]no1.[Rb+]. The summed E-state index contributed by atoms with van der Waals surface area (Å²) in [4.78, 5) is 0. The van der Waals surface area contributed by atoms with Crippen molar-refractivity contribution in [2.75, 3.05) is 0 Å². The van der Waals surface area contributed by atoms with E-state index in [2.05, 4.69) is 15.9 Å². The molecule has 0 N–H and O–H groups in total. The maximum absolute atomic E-state index is 4.68. The van der Waals surface area contributed by atoms with Gasteiger partial charge in [0.05, 0.1) is 0 Å². The Kier molecular flexibility index (Phi) is 5.47. The van der Waals surface area contributed by atoms with E-state index in [-0.39, 0.29) is 58.2 Å². The molecule has 1 aromatic rings. The van der Waals surface area contributed by atoms with E-state index >= 15 is 0 Å². The predicted molar refractivity (Wildman–Crippen MR) is 24.7 cm³/mol. The van der Waals surface area contributed by atoms with E-state index < -0.39 is 0 Å². The summed E-state index contributed by atoms with van der Waals surface area (Å²) < 4.78 is 4.68. The van der Waals surface area contributed by atoms with Gasteiger partial charge < -0.3 is 4.52 Å². The Hall–Kier alpha value is 1.02. The van der Waals surface area contributed by atoms with E-state index in [1.165, 1.54) is 0 Å². The van der Waals surface area contributed by atoms with Crippen LogP contribution in [0.1, 0.15) is 12.7 Å². The minimum absolute atomic E-state index is 0. The molecule has 1 rings (SSSR count). The van der Waals surface area contributed by atoms with Gasteiger partial charge in [0.2, 0.25) is 0 Å². The van der Waals surface area contributed by atoms with Crippen molar-refractivity contribution >= 4 is 0 Å². The molecule has 3 heteroatoms. The quantitative estimate of drug-likeness (QED) is 0.471. The summed E-state index contributed by atoms with van der Waals surface area (Å²) in [6.07, 6.45) is 3.46. The van der Waals surface area contributed by atoms with Gasteiger partial charge in [-0.25, -0.2) is 5.16 Å². The molecule has 0 aliphatic rings. The summed E-state index contributed by atoms with van der Waals surface area (Å²) in [7, 11) is 0. The fourth-order valence-corrected chi connectivity index (χ4v) is 0.376. The van der Waals surface area contributed by atoms with Crippen LogP contribution < -0.4 is 58.2 Å². The molecule has 0 fully saturated rings. The topological polar surface area (TPSA) is 26.0 Å². The standard InChI is InChI=1S/C5H6NO.Rb/c1-2-5-3-4-6-7-5;/h3H,2H2,1H3;/q-1;+1. The predicted octanol–water partition coefficient (Wildman–Crippen LogP) is -1.96. The van der Waals surface area contributed by atoms with Gasteiger partial charge in [0.25, 0.3) is 0 Å². The summed E-state index contributed by atoms with van der Waals surface area (Å²) in [6, 6.07) is 1.74. The zero-order valence-corrected chi connectivity index (χ0v) is 10.1. The number of hydrogen-bond acceptors (Lipinski definition) is 2. The molecule has 1 aromatic heterocycles. The number of aromatic nitrogens is 1. The second-order valence-corrected chi connectivity index (χ2v) is 1.28. The molecular weight excluding hydrogens is 176 g/mol. The minimum Gasteiger partial charge on any atom is -0.470 e. The van der Waals surface area contributed by atoms with Crippen LogP contribution in [-0.4, -0.2) is 5.16 Å². The van der Waals surface area contributed by atoms with Gasteiger partial charge in [0.1, 0.15) is 0 Å². The number of nitrogens with zero attached hydrogens (tertiary/aromatic N) is 1. The molecule has 0 saturated carbocycles. The Morgan fingerprint density at radius 3 is 2.88 bits per heavy atom. The number of aryl methyl sites for hydroxylation is 1. The van der Waals surface area contributed by atoms with Crippen LogP contribution in [-0.2, 0) is 6.42 Å². The molecule has 0 amide bonds. The van der Waals surface area contributed by atoms with Gasteiger partial charge in [-0.15, -0.1) is 6.20 Å². The van der Waals surface area contributed by atoms with E-state index in [1.54, 1.807) is 6.07 Å². The van der Waals surface area contributed by atoms with Crippen LogP contribution in [0.4, 0.5) is 0 Å². The fraction of sp³-hybridized carbons (Fsp3) is 0.400. The van der Waals surface area contributed by atoms with Crippen molar-refractivity contribution in [2.45, 2.75) is 13.3 Å². The maximum atomic E-state index is 4.68. The first-order valence-corrected chi connectivity index (χ1v) is 2.25. The molecule has 0 spiro atoms. The zero-order valence-electron chi connectivity index (χ0n) is 5.14. The Bertz CT molecular complexity index is 127. The average Bonchev–Trinajstić information content (AvgIpc) is 2.14. The van der Waals surface area contributed by atoms with Crippen LogP contribution in [0.5, 0.6) is 0 Å². The van der Waals surface area contributed by atoms with Crippen LogP contribution in [0.15, 0.2) is 10.6 Å². The maximum Gasteiger partial charge on any atom is 1.00 e. The summed E-state index contributed by atoms with van der Waals surface area (Å²) in [6.45, 7) is 2.01. The summed E-state index contributed by atoms with van der Waals surface area (Å²) in [5.41, 5.74) is 0. The second-order valence-electron chi connectivity index (χ2n) is 1.28. The molecule has 0 bridgehead atoms. The van der Waals surface area contributed by atoms with Crippen molar-refractivity contribution in [2.24, 2.45) is 0 Å². The monoisotopic (exact) mass is 181 g/mol. The van der Waals surface area contributed by atoms with E-state index in [4.69, 9.17) is 0 Å². The van der Waals surface area contributed by atoms with E-state index in [0.717, 1.165) is 12.2 Å². The van der Waals surface area contributed by atoms with Gasteiger partial charge >= 0.3 is 58.2 Å². The molecule has 0 aliphatic heterocycles. The molecule has 0 aliphatic carbocycles. The molecule has 2 nitrogen and oxygen atoms in total. The smallest absolute Gasteiger partial charge is 0.470 e. The fourth-order valence-electron chi connectivity index (χ4n) is 0.376. The van der Waals surface area contributed by atoms with Crippen molar-refractivity contribution < 1.29 is 62.7 Å². The van der Waals surface area contributed by atoms with Crippen LogP contribution in [0, 0.1) is 6.20 Å². The van der Waals surface area contributed by atoms with E-state index in [0.29, 0.717) is 0 Å². The van der Waals surface area contributed by atoms with Gasteiger partial charge in [0, 0.05) is 0 Å². The average molecular weight is 182 g/mol. The third-order valence-electron chi connectivity index (χ3n) is 0.790. The van der Waals surface area contributed by atoms with Crippen molar-refractivity contribution in [1.82, 2.24) is 5.16 Å². The number of hydrogen-bond donors (Lipinski definition) is 0. The van der Waals surface area contributed by atoms with Gasteiger partial charge in [-0.05, 0) is 5.76 Å². The first-order valence-electron chi connectivity index (χ1n) is 2.25. The number of rotatable bonds is 1. The van der Waals surface area contributed by atoms with Gasteiger partial charge in [-0.2, -0.15) is 6.07 Å². The molecule has 0 aromatic carbocycles. The third-order valence-corrected chi connectivity index (χ3v) is 0.790. The van der Waals surface area contributed by atoms with Crippen LogP contribution in [0.2, 0.25) is 0 Å². The Labute approximate surface area is 97.4 Å². The van der Waals surface area contributed by atoms with E-state index in [1.807, 2.05) is 6.92 Å². The molecule has 38 valence electrons. The largest absolute Gasteiger partial charge is 1.00 e. The molecule has 0 atom stereocenters. The third kappa shape index (κ3) is 2.53. The van der Waals surface area contributed by atoms with Crippen LogP contribution in [0.25, 0.3) is 0 Å². The molecular formula is C5H6NORb. The van der Waals surface area contributed by atoms with Crippen LogP contribution >= 0.6 is 0 Å². The van der Waals surface area contributed by atoms with Crippen molar-refractivity contribution in [3.05, 3.63) is 18.0 Å². The Balaban J connectivity index is 0.000000490. The molecule has 8 heavy (non-hydrogen) atoms.